The number of halogens is 1. The zero-order chi connectivity index (χ0) is 7.40. The first-order valence-corrected chi connectivity index (χ1v) is 4.37. The van der Waals surface area contributed by atoms with Gasteiger partial charge in [0.25, 0.3) is 0 Å². The van der Waals surface area contributed by atoms with Crippen LogP contribution in [0.25, 0.3) is 0 Å². The quantitative estimate of drug-likeness (QED) is 0.750. The molecular weight excluding hydrogens is 168 g/mol. The monoisotopic (exact) mass is 176 g/mol. The summed E-state index contributed by atoms with van der Waals surface area (Å²) in [6, 6.07) is 3.89. The van der Waals surface area contributed by atoms with Gasteiger partial charge in [-0.1, -0.05) is 11.6 Å². The second-order valence-electron chi connectivity index (χ2n) is 2.03. The van der Waals surface area contributed by atoms with E-state index in [1.165, 1.54) is 4.88 Å². The Labute approximate surface area is 69.3 Å². The molecule has 1 heterocycles. The lowest BCUT2D eigenvalue weighted by Gasteiger charge is -1.90. The molecule has 0 spiro atoms. The van der Waals surface area contributed by atoms with E-state index in [0.717, 1.165) is 17.2 Å². The second-order valence-corrected chi connectivity index (χ2v) is 3.83. The summed E-state index contributed by atoms with van der Waals surface area (Å²) in [4.78, 5) is 1.25. The van der Waals surface area contributed by atoms with Crippen LogP contribution in [0.5, 0.6) is 0 Å². The number of hydrogen-bond donors (Lipinski definition) is 1. The van der Waals surface area contributed by atoms with Crippen molar-refractivity contribution >= 4 is 22.9 Å². The summed E-state index contributed by atoms with van der Waals surface area (Å²) in [6.45, 7) is 0.259. The van der Waals surface area contributed by atoms with Gasteiger partial charge in [0.2, 0.25) is 0 Å². The van der Waals surface area contributed by atoms with Crippen molar-refractivity contribution in [3.63, 3.8) is 0 Å². The lowest BCUT2D eigenvalue weighted by molar-refractivity contribution is 0.289. The number of hydrogen-bond acceptors (Lipinski definition) is 2. The third-order valence-corrected chi connectivity index (χ3v) is 2.50. The molecule has 1 nitrogen and oxygen atoms in total. The van der Waals surface area contributed by atoms with Crippen LogP contribution in [0.15, 0.2) is 12.1 Å². The fraction of sp³-hybridized carbons (Fsp3) is 0.429. The van der Waals surface area contributed by atoms with Crippen LogP contribution in [0.1, 0.15) is 11.3 Å². The molecule has 1 aromatic rings. The Morgan fingerprint density at radius 1 is 1.50 bits per heavy atom. The van der Waals surface area contributed by atoms with Crippen molar-refractivity contribution in [3.05, 3.63) is 21.3 Å². The SMILES string of the molecule is OCCCc1ccc(Cl)s1. The van der Waals surface area contributed by atoms with Crippen molar-refractivity contribution in [2.24, 2.45) is 0 Å². The van der Waals surface area contributed by atoms with Gasteiger partial charge >= 0.3 is 0 Å². The van der Waals surface area contributed by atoms with Gasteiger partial charge in [-0.2, -0.15) is 0 Å². The maximum atomic E-state index is 8.51. The van der Waals surface area contributed by atoms with Gasteiger partial charge in [-0.25, -0.2) is 0 Å². The smallest absolute Gasteiger partial charge is 0.0931 e. The molecule has 0 atom stereocenters. The molecule has 0 fully saturated rings. The predicted octanol–water partition coefficient (Wildman–Crippen LogP) is 2.33. The topological polar surface area (TPSA) is 20.2 Å². The van der Waals surface area contributed by atoms with E-state index in [9.17, 15) is 0 Å². The van der Waals surface area contributed by atoms with E-state index in [1.807, 2.05) is 12.1 Å². The average molecular weight is 177 g/mol. The van der Waals surface area contributed by atoms with Gasteiger partial charge < -0.3 is 5.11 Å². The lowest BCUT2D eigenvalue weighted by atomic mass is 10.3. The molecule has 56 valence electrons. The van der Waals surface area contributed by atoms with Gasteiger partial charge in [-0.05, 0) is 25.0 Å². The molecular formula is C7H9ClOS. The molecule has 3 heteroatoms. The summed E-state index contributed by atoms with van der Waals surface area (Å²) in [6.07, 6.45) is 1.77. The molecule has 10 heavy (non-hydrogen) atoms. The van der Waals surface area contributed by atoms with Crippen LogP contribution in [0, 0.1) is 0 Å². The number of rotatable bonds is 3. The number of aliphatic hydroxyl groups is 1. The molecule has 1 N–H and O–H groups in total. The van der Waals surface area contributed by atoms with Crippen molar-refractivity contribution in [3.8, 4) is 0 Å². The minimum absolute atomic E-state index is 0.259. The summed E-state index contributed by atoms with van der Waals surface area (Å²) in [5.74, 6) is 0. The van der Waals surface area contributed by atoms with Gasteiger partial charge in [0, 0.05) is 11.5 Å². The molecule has 0 aliphatic carbocycles. The summed E-state index contributed by atoms with van der Waals surface area (Å²) in [5.41, 5.74) is 0. The van der Waals surface area contributed by atoms with E-state index in [4.69, 9.17) is 16.7 Å². The molecule has 1 rings (SSSR count). The van der Waals surface area contributed by atoms with Crippen molar-refractivity contribution in [2.45, 2.75) is 12.8 Å². The molecule has 0 aliphatic rings. The Hall–Kier alpha value is -0.0500. The Morgan fingerprint density at radius 3 is 2.80 bits per heavy atom. The highest BCUT2D eigenvalue weighted by Gasteiger charge is 1.95. The summed E-state index contributed by atoms with van der Waals surface area (Å²) in [7, 11) is 0. The molecule has 0 aliphatic heterocycles. The van der Waals surface area contributed by atoms with E-state index in [1.54, 1.807) is 11.3 Å². The third-order valence-electron chi connectivity index (χ3n) is 1.21. The zero-order valence-corrected chi connectivity index (χ0v) is 7.08. The predicted molar refractivity (Wildman–Crippen MR) is 44.7 cm³/mol. The van der Waals surface area contributed by atoms with Crippen LogP contribution < -0.4 is 0 Å². The number of thiophene rings is 1. The van der Waals surface area contributed by atoms with Crippen LogP contribution in [0.4, 0.5) is 0 Å². The van der Waals surface area contributed by atoms with Gasteiger partial charge in [0.1, 0.15) is 0 Å². The van der Waals surface area contributed by atoms with Crippen LogP contribution in [-0.4, -0.2) is 11.7 Å². The van der Waals surface area contributed by atoms with E-state index < -0.39 is 0 Å². The van der Waals surface area contributed by atoms with Gasteiger partial charge in [0.05, 0.1) is 4.34 Å². The first-order chi connectivity index (χ1) is 4.83. The zero-order valence-electron chi connectivity index (χ0n) is 5.51. The molecule has 0 amide bonds. The standard InChI is InChI=1S/C7H9ClOS/c8-7-4-3-6(10-7)2-1-5-9/h3-4,9H,1-2,5H2. The van der Waals surface area contributed by atoms with Gasteiger partial charge in [-0.15, -0.1) is 11.3 Å². The molecule has 0 saturated carbocycles. The fourth-order valence-electron chi connectivity index (χ4n) is 0.739. The minimum atomic E-state index is 0.259. The van der Waals surface area contributed by atoms with Crippen LogP contribution in [0.3, 0.4) is 0 Å². The van der Waals surface area contributed by atoms with E-state index >= 15 is 0 Å². The first kappa shape index (κ1) is 8.05. The van der Waals surface area contributed by atoms with Crippen LogP contribution in [0.2, 0.25) is 4.34 Å². The van der Waals surface area contributed by atoms with E-state index in [0.29, 0.717) is 0 Å². The normalized spacial score (nSPS) is 10.2. The summed E-state index contributed by atoms with van der Waals surface area (Å²) >= 11 is 7.28. The number of aliphatic hydroxyl groups excluding tert-OH is 1. The lowest BCUT2D eigenvalue weighted by Crippen LogP contribution is -1.84. The molecule has 0 saturated heterocycles. The highest BCUT2D eigenvalue weighted by Crippen LogP contribution is 2.22. The number of aryl methyl sites for hydroxylation is 1. The van der Waals surface area contributed by atoms with Crippen molar-refractivity contribution in [1.29, 1.82) is 0 Å². The van der Waals surface area contributed by atoms with Crippen molar-refractivity contribution in [1.82, 2.24) is 0 Å². The van der Waals surface area contributed by atoms with Crippen LogP contribution >= 0.6 is 22.9 Å². The third kappa shape index (κ3) is 2.29. The van der Waals surface area contributed by atoms with Gasteiger partial charge in [0.15, 0.2) is 0 Å². The van der Waals surface area contributed by atoms with E-state index in [2.05, 4.69) is 0 Å². The fourth-order valence-corrected chi connectivity index (χ4v) is 1.87. The Morgan fingerprint density at radius 2 is 2.30 bits per heavy atom. The molecule has 0 unspecified atom stereocenters. The molecule has 0 aromatic carbocycles. The largest absolute Gasteiger partial charge is 0.396 e. The average Bonchev–Trinajstić information content (AvgIpc) is 2.31. The molecule has 0 radical (unpaired) electrons. The first-order valence-electron chi connectivity index (χ1n) is 3.18. The molecule has 0 bridgehead atoms. The minimum Gasteiger partial charge on any atom is -0.396 e. The van der Waals surface area contributed by atoms with Crippen molar-refractivity contribution in [2.75, 3.05) is 6.61 Å². The maximum absolute atomic E-state index is 8.51. The Bertz CT molecular complexity index is 197. The summed E-state index contributed by atoms with van der Waals surface area (Å²) < 4.78 is 0.827. The van der Waals surface area contributed by atoms with Crippen molar-refractivity contribution < 1.29 is 5.11 Å². The Balaban J connectivity index is 2.42. The Kier molecular flexibility index (Phi) is 3.19. The highest BCUT2D eigenvalue weighted by atomic mass is 35.5. The molecule has 1 aromatic heterocycles. The summed E-state index contributed by atoms with van der Waals surface area (Å²) in [5, 5.41) is 8.51. The second kappa shape index (κ2) is 3.96. The highest BCUT2D eigenvalue weighted by molar-refractivity contribution is 7.16. The van der Waals surface area contributed by atoms with Gasteiger partial charge in [-0.3, -0.25) is 0 Å². The van der Waals surface area contributed by atoms with Crippen LogP contribution in [-0.2, 0) is 6.42 Å². The van der Waals surface area contributed by atoms with E-state index in [-0.39, 0.29) is 6.61 Å². The maximum Gasteiger partial charge on any atom is 0.0931 e.